The van der Waals surface area contributed by atoms with Crippen LogP contribution in [0.25, 0.3) is 0 Å². The van der Waals surface area contributed by atoms with Gasteiger partial charge in [0, 0.05) is 11.7 Å². The van der Waals surface area contributed by atoms with Gasteiger partial charge in [-0.1, -0.05) is 11.6 Å². The summed E-state index contributed by atoms with van der Waals surface area (Å²) in [5.41, 5.74) is 6.27. The number of alkyl halides is 3. The third-order valence-corrected chi connectivity index (χ3v) is 2.56. The predicted octanol–water partition coefficient (Wildman–Crippen LogP) is 3.70. The minimum atomic E-state index is -4.27. The highest BCUT2D eigenvalue weighted by atomic mass is 35.5. The molecule has 2 nitrogen and oxygen atoms in total. The molecule has 0 heterocycles. The lowest BCUT2D eigenvalue weighted by atomic mass is 10.2. The van der Waals surface area contributed by atoms with Crippen molar-refractivity contribution >= 4 is 23.0 Å². The molecule has 0 fully saturated rings. The molecule has 1 aromatic rings. The summed E-state index contributed by atoms with van der Waals surface area (Å²) >= 11 is 5.91. The first kappa shape index (κ1) is 14.0. The molecule has 0 unspecified atom stereocenters. The van der Waals surface area contributed by atoms with E-state index in [0.29, 0.717) is 11.4 Å². The number of halogens is 4. The predicted molar refractivity (Wildman–Crippen MR) is 64.4 cm³/mol. The number of hydrogen-bond acceptors (Lipinski definition) is 2. The number of benzene rings is 1. The number of rotatable bonds is 3. The van der Waals surface area contributed by atoms with Gasteiger partial charge in [-0.15, -0.1) is 0 Å². The molecule has 96 valence electrons. The van der Waals surface area contributed by atoms with E-state index in [-0.39, 0.29) is 11.1 Å². The van der Waals surface area contributed by atoms with Gasteiger partial charge in [0.05, 0.1) is 10.7 Å². The minimum Gasteiger partial charge on any atom is -0.399 e. The van der Waals surface area contributed by atoms with Gasteiger partial charge >= 0.3 is 6.18 Å². The summed E-state index contributed by atoms with van der Waals surface area (Å²) in [4.78, 5) is 1.20. The average Bonchev–Trinajstić information content (AvgIpc) is 2.13. The van der Waals surface area contributed by atoms with Crippen LogP contribution in [0.3, 0.4) is 0 Å². The van der Waals surface area contributed by atoms with Crippen molar-refractivity contribution in [3.63, 3.8) is 0 Å². The van der Waals surface area contributed by atoms with E-state index in [2.05, 4.69) is 0 Å². The maximum absolute atomic E-state index is 12.5. The monoisotopic (exact) mass is 266 g/mol. The Hall–Kier alpha value is -1.10. The summed E-state index contributed by atoms with van der Waals surface area (Å²) in [5.74, 6) is 0. The molecule has 0 saturated heterocycles. The third kappa shape index (κ3) is 4.00. The first-order valence-electron chi connectivity index (χ1n) is 5.09. The molecule has 0 aliphatic rings. The lowest BCUT2D eigenvalue weighted by Gasteiger charge is -2.30. The van der Waals surface area contributed by atoms with Crippen molar-refractivity contribution in [2.45, 2.75) is 26.1 Å². The number of nitrogens with zero attached hydrogens (tertiary/aromatic N) is 1. The van der Waals surface area contributed by atoms with Crippen molar-refractivity contribution in [1.82, 2.24) is 0 Å². The maximum Gasteiger partial charge on any atom is 0.405 e. The molecule has 0 spiro atoms. The van der Waals surface area contributed by atoms with E-state index in [4.69, 9.17) is 17.3 Å². The molecule has 0 aliphatic heterocycles. The van der Waals surface area contributed by atoms with Crippen LogP contribution in [-0.4, -0.2) is 18.8 Å². The van der Waals surface area contributed by atoms with Crippen LogP contribution in [-0.2, 0) is 0 Å². The molecule has 0 aromatic heterocycles. The van der Waals surface area contributed by atoms with Gasteiger partial charge in [0.1, 0.15) is 6.54 Å². The summed E-state index contributed by atoms with van der Waals surface area (Å²) in [6, 6.07) is 4.18. The quantitative estimate of drug-likeness (QED) is 0.846. The highest BCUT2D eigenvalue weighted by Crippen LogP contribution is 2.31. The van der Waals surface area contributed by atoms with Crippen LogP contribution in [0.5, 0.6) is 0 Å². The Bertz CT molecular complexity index is 391. The van der Waals surface area contributed by atoms with Crippen LogP contribution in [0.15, 0.2) is 18.2 Å². The highest BCUT2D eigenvalue weighted by molar-refractivity contribution is 6.33. The molecule has 1 aromatic carbocycles. The van der Waals surface area contributed by atoms with Crippen molar-refractivity contribution < 1.29 is 13.2 Å². The Morgan fingerprint density at radius 2 is 1.94 bits per heavy atom. The zero-order valence-electron chi connectivity index (χ0n) is 9.55. The van der Waals surface area contributed by atoms with Gasteiger partial charge < -0.3 is 10.6 Å². The normalized spacial score (nSPS) is 11.9. The second kappa shape index (κ2) is 5.04. The molecule has 0 amide bonds. The molecular formula is C11H14ClF3N2. The number of nitrogens with two attached hydrogens (primary N) is 1. The minimum absolute atomic E-state index is 0.225. The van der Waals surface area contributed by atoms with Crippen LogP contribution < -0.4 is 10.6 Å². The fourth-order valence-corrected chi connectivity index (χ4v) is 1.79. The van der Waals surface area contributed by atoms with Crippen molar-refractivity contribution in [3.05, 3.63) is 23.2 Å². The number of hydrogen-bond donors (Lipinski definition) is 1. The second-order valence-electron chi connectivity index (χ2n) is 4.05. The first-order valence-corrected chi connectivity index (χ1v) is 5.47. The first-order chi connectivity index (χ1) is 7.70. The van der Waals surface area contributed by atoms with Gasteiger partial charge in [0.25, 0.3) is 0 Å². The maximum atomic E-state index is 12.5. The van der Waals surface area contributed by atoms with Gasteiger partial charge in [-0.2, -0.15) is 13.2 Å². The largest absolute Gasteiger partial charge is 0.405 e. The lowest BCUT2D eigenvalue weighted by Crippen LogP contribution is -2.39. The molecule has 0 radical (unpaired) electrons. The summed E-state index contributed by atoms with van der Waals surface area (Å²) in [5, 5.41) is 0.225. The van der Waals surface area contributed by atoms with E-state index in [1.807, 2.05) is 0 Å². The van der Waals surface area contributed by atoms with Gasteiger partial charge in [-0.3, -0.25) is 0 Å². The lowest BCUT2D eigenvalue weighted by molar-refractivity contribution is -0.120. The van der Waals surface area contributed by atoms with E-state index < -0.39 is 12.7 Å². The fourth-order valence-electron chi connectivity index (χ4n) is 1.50. The fraction of sp³-hybridized carbons (Fsp3) is 0.455. The van der Waals surface area contributed by atoms with E-state index >= 15 is 0 Å². The van der Waals surface area contributed by atoms with E-state index in [1.165, 1.54) is 23.1 Å². The molecule has 0 atom stereocenters. The Labute approximate surface area is 103 Å². The standard InChI is InChI=1S/C11H14ClF3N2/c1-7(2)17(6-11(13,14)15)10-4-3-8(16)5-9(10)12/h3-5,7H,6,16H2,1-2H3. The Morgan fingerprint density at radius 1 is 1.35 bits per heavy atom. The van der Waals surface area contributed by atoms with Crippen LogP contribution in [0.4, 0.5) is 24.5 Å². The van der Waals surface area contributed by atoms with E-state index in [1.54, 1.807) is 13.8 Å². The summed E-state index contributed by atoms with van der Waals surface area (Å²) in [6.45, 7) is 2.32. The van der Waals surface area contributed by atoms with Gasteiger partial charge in [-0.25, -0.2) is 0 Å². The molecule has 1 rings (SSSR count). The second-order valence-corrected chi connectivity index (χ2v) is 4.45. The van der Waals surface area contributed by atoms with Crippen LogP contribution in [0.2, 0.25) is 5.02 Å². The summed E-state index contributed by atoms with van der Waals surface area (Å²) in [6.07, 6.45) is -4.27. The Balaban J connectivity index is 3.06. The SMILES string of the molecule is CC(C)N(CC(F)(F)F)c1ccc(N)cc1Cl. The summed E-state index contributed by atoms with van der Waals surface area (Å²) < 4.78 is 37.4. The van der Waals surface area contributed by atoms with Gasteiger partial charge in [0.2, 0.25) is 0 Å². The number of nitrogen functional groups attached to an aromatic ring is 1. The molecule has 17 heavy (non-hydrogen) atoms. The van der Waals surface area contributed by atoms with Crippen LogP contribution in [0.1, 0.15) is 13.8 Å². The summed E-state index contributed by atoms with van der Waals surface area (Å²) in [7, 11) is 0. The Kier molecular flexibility index (Phi) is 4.14. The van der Waals surface area contributed by atoms with Gasteiger partial charge in [-0.05, 0) is 32.0 Å². The van der Waals surface area contributed by atoms with Crippen LogP contribution in [0, 0.1) is 0 Å². The van der Waals surface area contributed by atoms with Crippen molar-refractivity contribution in [2.24, 2.45) is 0 Å². The highest BCUT2D eigenvalue weighted by Gasteiger charge is 2.32. The molecule has 6 heteroatoms. The van der Waals surface area contributed by atoms with E-state index in [9.17, 15) is 13.2 Å². The van der Waals surface area contributed by atoms with Gasteiger partial charge in [0.15, 0.2) is 0 Å². The smallest absolute Gasteiger partial charge is 0.399 e. The topological polar surface area (TPSA) is 29.3 Å². The third-order valence-electron chi connectivity index (χ3n) is 2.25. The number of anilines is 2. The molecule has 0 aliphatic carbocycles. The average molecular weight is 267 g/mol. The molecule has 0 saturated carbocycles. The zero-order chi connectivity index (χ0) is 13.2. The van der Waals surface area contributed by atoms with Crippen molar-refractivity contribution in [3.8, 4) is 0 Å². The zero-order valence-corrected chi connectivity index (χ0v) is 10.3. The van der Waals surface area contributed by atoms with Crippen LogP contribution >= 0.6 is 11.6 Å². The molecule has 2 N–H and O–H groups in total. The van der Waals surface area contributed by atoms with Crippen molar-refractivity contribution in [2.75, 3.05) is 17.2 Å². The van der Waals surface area contributed by atoms with E-state index in [0.717, 1.165) is 0 Å². The van der Waals surface area contributed by atoms with Crippen molar-refractivity contribution in [1.29, 1.82) is 0 Å². The molecule has 0 bridgehead atoms. The Morgan fingerprint density at radius 3 is 2.35 bits per heavy atom. The molecular weight excluding hydrogens is 253 g/mol.